The van der Waals surface area contributed by atoms with Crippen LogP contribution in [0.4, 0.5) is 18.9 Å². The molecule has 0 aliphatic carbocycles. The lowest BCUT2D eigenvalue weighted by atomic mass is 10.2. The molecule has 0 amide bonds. The summed E-state index contributed by atoms with van der Waals surface area (Å²) in [6.07, 6.45) is -1.02. The molecule has 0 saturated carbocycles. The number of benzene rings is 1. The lowest BCUT2D eigenvalue weighted by molar-refractivity contribution is -0.137. The van der Waals surface area contributed by atoms with Gasteiger partial charge in [-0.3, -0.25) is 0 Å². The smallest absolute Gasteiger partial charge is 0.378 e. The summed E-state index contributed by atoms with van der Waals surface area (Å²) in [5, 5.41) is 3.18. The lowest BCUT2D eigenvalue weighted by Gasteiger charge is -2.15. The number of nitrogens with one attached hydrogen (secondary N) is 1. The molecule has 0 radical (unpaired) electrons. The Hall–Kier alpha value is -1.69. The number of aromatic nitrogens is 2. The van der Waals surface area contributed by atoms with E-state index in [1.54, 1.807) is 12.5 Å². The summed E-state index contributed by atoms with van der Waals surface area (Å²) in [7, 11) is 0. The van der Waals surface area contributed by atoms with Gasteiger partial charge in [0, 0.05) is 12.2 Å². The van der Waals surface area contributed by atoms with E-state index in [0.717, 1.165) is 17.8 Å². The molecule has 3 nitrogen and oxygen atoms in total. The monoisotopic (exact) mass is 317 g/mol. The molecule has 1 N–H and O–H groups in total. The topological polar surface area (TPSA) is 29.9 Å². The molecule has 2 aromatic rings. The van der Waals surface area contributed by atoms with E-state index in [9.17, 15) is 13.2 Å². The first-order valence-electron chi connectivity index (χ1n) is 6.40. The van der Waals surface area contributed by atoms with Crippen LogP contribution in [0.1, 0.15) is 31.1 Å². The van der Waals surface area contributed by atoms with Crippen LogP contribution in [0.15, 0.2) is 30.7 Å². The zero-order valence-electron chi connectivity index (χ0n) is 11.6. The first kappa shape index (κ1) is 15.7. The maximum atomic E-state index is 12.7. The van der Waals surface area contributed by atoms with Crippen molar-refractivity contribution >= 4 is 17.3 Å². The van der Waals surface area contributed by atoms with E-state index in [1.807, 2.05) is 18.4 Å². The van der Waals surface area contributed by atoms with Gasteiger partial charge in [0.05, 0.1) is 34.8 Å². The molecule has 0 atom stereocenters. The van der Waals surface area contributed by atoms with Gasteiger partial charge >= 0.3 is 6.18 Å². The van der Waals surface area contributed by atoms with Crippen molar-refractivity contribution in [2.45, 2.75) is 32.6 Å². The zero-order valence-corrected chi connectivity index (χ0v) is 12.3. The highest BCUT2D eigenvalue weighted by molar-refractivity contribution is 6.33. The SMILES string of the molecule is CC(C)n1cncc1CNc1cc(C(F)(F)F)ccc1Cl. The molecule has 0 fully saturated rings. The van der Waals surface area contributed by atoms with Crippen LogP contribution >= 0.6 is 11.6 Å². The van der Waals surface area contributed by atoms with Gasteiger partial charge in [-0.2, -0.15) is 13.2 Å². The molecule has 114 valence electrons. The number of hydrogen-bond acceptors (Lipinski definition) is 2. The molecule has 2 rings (SSSR count). The summed E-state index contributed by atoms with van der Waals surface area (Å²) in [6, 6.07) is 3.44. The van der Waals surface area contributed by atoms with Crippen LogP contribution in [0.5, 0.6) is 0 Å². The fourth-order valence-corrected chi connectivity index (χ4v) is 2.14. The summed E-state index contributed by atoms with van der Waals surface area (Å²) in [5.74, 6) is 0. The Morgan fingerprint density at radius 3 is 2.67 bits per heavy atom. The van der Waals surface area contributed by atoms with E-state index < -0.39 is 11.7 Å². The molecule has 1 heterocycles. The molecular formula is C14H15ClF3N3. The normalized spacial score (nSPS) is 12.0. The number of halogens is 4. The van der Waals surface area contributed by atoms with E-state index >= 15 is 0 Å². The molecule has 0 unspecified atom stereocenters. The van der Waals surface area contributed by atoms with E-state index in [-0.39, 0.29) is 16.8 Å². The second-order valence-electron chi connectivity index (χ2n) is 4.93. The second kappa shape index (κ2) is 5.97. The molecule has 21 heavy (non-hydrogen) atoms. The highest BCUT2D eigenvalue weighted by Gasteiger charge is 2.30. The fourth-order valence-electron chi connectivity index (χ4n) is 1.96. The largest absolute Gasteiger partial charge is 0.416 e. The molecule has 1 aromatic carbocycles. The number of hydrogen-bond donors (Lipinski definition) is 1. The van der Waals surface area contributed by atoms with Gasteiger partial charge in [-0.25, -0.2) is 4.98 Å². The van der Waals surface area contributed by atoms with Crippen molar-refractivity contribution < 1.29 is 13.2 Å². The Labute approximate surface area is 125 Å². The van der Waals surface area contributed by atoms with E-state index in [1.165, 1.54) is 6.07 Å². The number of nitrogens with zero attached hydrogens (tertiary/aromatic N) is 2. The molecule has 0 saturated heterocycles. The first-order valence-corrected chi connectivity index (χ1v) is 6.78. The van der Waals surface area contributed by atoms with Crippen molar-refractivity contribution in [3.8, 4) is 0 Å². The van der Waals surface area contributed by atoms with Crippen LogP contribution in [0.3, 0.4) is 0 Å². The predicted molar refractivity (Wildman–Crippen MR) is 76.4 cm³/mol. The Morgan fingerprint density at radius 2 is 2.05 bits per heavy atom. The van der Waals surface area contributed by atoms with Crippen molar-refractivity contribution in [3.05, 3.63) is 47.0 Å². The third kappa shape index (κ3) is 3.69. The Balaban J connectivity index is 2.18. The number of rotatable bonds is 4. The van der Waals surface area contributed by atoms with Crippen molar-refractivity contribution in [2.75, 3.05) is 5.32 Å². The summed E-state index contributed by atoms with van der Waals surface area (Å²) < 4.78 is 40.0. The van der Waals surface area contributed by atoms with Gasteiger partial charge in [-0.1, -0.05) is 11.6 Å². The average molecular weight is 318 g/mol. The minimum absolute atomic E-state index is 0.223. The summed E-state index contributed by atoms with van der Waals surface area (Å²) in [5.41, 5.74) is 0.397. The standard InChI is InChI=1S/C14H15ClF3N3/c1-9(2)21-8-19-6-11(21)7-20-13-5-10(14(16,17)18)3-4-12(13)15/h3-6,8-9,20H,7H2,1-2H3. The maximum Gasteiger partial charge on any atom is 0.416 e. The van der Waals surface area contributed by atoms with Gasteiger partial charge in [0.2, 0.25) is 0 Å². The minimum Gasteiger partial charge on any atom is -0.378 e. The lowest BCUT2D eigenvalue weighted by Crippen LogP contribution is -2.10. The summed E-state index contributed by atoms with van der Waals surface area (Å²) in [6.45, 7) is 4.35. The molecule has 0 bridgehead atoms. The van der Waals surface area contributed by atoms with E-state index in [2.05, 4.69) is 10.3 Å². The summed E-state index contributed by atoms with van der Waals surface area (Å²) in [4.78, 5) is 4.04. The molecular weight excluding hydrogens is 303 g/mol. The highest BCUT2D eigenvalue weighted by Crippen LogP contribution is 2.34. The fraction of sp³-hybridized carbons (Fsp3) is 0.357. The van der Waals surface area contributed by atoms with Crippen LogP contribution in [-0.2, 0) is 12.7 Å². The van der Waals surface area contributed by atoms with E-state index in [4.69, 9.17) is 11.6 Å². The van der Waals surface area contributed by atoms with Gasteiger partial charge in [0.15, 0.2) is 0 Å². The Kier molecular flexibility index (Phi) is 4.46. The number of imidazole rings is 1. The quantitative estimate of drug-likeness (QED) is 0.882. The van der Waals surface area contributed by atoms with Crippen LogP contribution in [0.2, 0.25) is 5.02 Å². The average Bonchev–Trinajstić information content (AvgIpc) is 2.85. The van der Waals surface area contributed by atoms with Gasteiger partial charge < -0.3 is 9.88 Å². The Bertz CT molecular complexity index is 620. The van der Waals surface area contributed by atoms with Gasteiger partial charge in [-0.15, -0.1) is 0 Å². The Morgan fingerprint density at radius 1 is 1.33 bits per heavy atom. The van der Waals surface area contributed by atoms with E-state index in [0.29, 0.717) is 6.54 Å². The zero-order chi connectivity index (χ0) is 15.6. The van der Waals surface area contributed by atoms with Crippen LogP contribution < -0.4 is 5.32 Å². The van der Waals surface area contributed by atoms with Crippen molar-refractivity contribution in [1.29, 1.82) is 0 Å². The molecule has 7 heteroatoms. The first-order chi connectivity index (χ1) is 9.79. The van der Waals surface area contributed by atoms with Crippen molar-refractivity contribution in [2.24, 2.45) is 0 Å². The molecule has 0 aliphatic heterocycles. The van der Waals surface area contributed by atoms with Gasteiger partial charge in [0.25, 0.3) is 0 Å². The van der Waals surface area contributed by atoms with Crippen molar-refractivity contribution in [1.82, 2.24) is 9.55 Å². The predicted octanol–water partition coefficient (Wildman–Crippen LogP) is 4.75. The second-order valence-corrected chi connectivity index (χ2v) is 5.34. The van der Waals surface area contributed by atoms with Gasteiger partial charge in [0.1, 0.15) is 0 Å². The molecule has 0 spiro atoms. The maximum absolute atomic E-state index is 12.7. The van der Waals surface area contributed by atoms with Crippen LogP contribution in [-0.4, -0.2) is 9.55 Å². The molecule has 1 aromatic heterocycles. The highest BCUT2D eigenvalue weighted by atomic mass is 35.5. The minimum atomic E-state index is -4.39. The summed E-state index contributed by atoms with van der Waals surface area (Å²) >= 11 is 5.94. The van der Waals surface area contributed by atoms with Crippen LogP contribution in [0, 0.1) is 0 Å². The van der Waals surface area contributed by atoms with Gasteiger partial charge in [-0.05, 0) is 32.0 Å². The van der Waals surface area contributed by atoms with Crippen LogP contribution in [0.25, 0.3) is 0 Å². The third-order valence-corrected chi connectivity index (χ3v) is 3.39. The third-order valence-electron chi connectivity index (χ3n) is 3.06. The van der Waals surface area contributed by atoms with Crippen molar-refractivity contribution in [3.63, 3.8) is 0 Å². The number of alkyl halides is 3. The number of anilines is 1. The molecule has 0 aliphatic rings.